The van der Waals surface area contributed by atoms with E-state index < -0.39 is 0 Å². The summed E-state index contributed by atoms with van der Waals surface area (Å²) in [6, 6.07) is 6.43. The van der Waals surface area contributed by atoms with Crippen molar-refractivity contribution >= 4 is 5.91 Å². The molecule has 3 nitrogen and oxygen atoms in total. The van der Waals surface area contributed by atoms with Crippen molar-refractivity contribution in [3.05, 3.63) is 35.6 Å². The minimum atomic E-state index is -0.254. The molecule has 18 heavy (non-hydrogen) atoms. The number of rotatable bonds is 3. The summed E-state index contributed by atoms with van der Waals surface area (Å²) >= 11 is 0. The third kappa shape index (κ3) is 3.29. The second kappa shape index (κ2) is 5.96. The molecule has 0 spiro atoms. The van der Waals surface area contributed by atoms with Gasteiger partial charge in [-0.15, -0.1) is 0 Å². The topological polar surface area (TPSA) is 41.1 Å². The zero-order valence-corrected chi connectivity index (χ0v) is 10.6. The standard InChI is InChI=1S/C14H19FN2O/c1-10-13(3-2-8-16-10)14(18)17-9-11-4-6-12(15)7-5-11/h4-7,10,13,16H,2-3,8-9H2,1H3,(H,17,18). The molecule has 2 atom stereocenters. The fourth-order valence-electron chi connectivity index (χ4n) is 2.32. The van der Waals surface area contributed by atoms with Crippen molar-refractivity contribution in [3.63, 3.8) is 0 Å². The van der Waals surface area contributed by atoms with Crippen LogP contribution in [0.4, 0.5) is 4.39 Å². The summed E-state index contributed by atoms with van der Waals surface area (Å²) < 4.78 is 12.7. The van der Waals surface area contributed by atoms with Crippen molar-refractivity contribution in [2.75, 3.05) is 6.54 Å². The molecule has 98 valence electrons. The summed E-state index contributed by atoms with van der Waals surface area (Å²) in [5.41, 5.74) is 0.918. The van der Waals surface area contributed by atoms with Gasteiger partial charge in [0.05, 0.1) is 5.92 Å². The van der Waals surface area contributed by atoms with Gasteiger partial charge in [-0.2, -0.15) is 0 Å². The van der Waals surface area contributed by atoms with Crippen molar-refractivity contribution in [2.45, 2.75) is 32.4 Å². The van der Waals surface area contributed by atoms with Crippen LogP contribution < -0.4 is 10.6 Å². The second-order valence-corrected chi connectivity index (χ2v) is 4.84. The fraction of sp³-hybridized carbons (Fsp3) is 0.500. The predicted octanol–water partition coefficient (Wildman–Crippen LogP) is 1.83. The van der Waals surface area contributed by atoms with Crippen LogP contribution in [0.1, 0.15) is 25.3 Å². The van der Waals surface area contributed by atoms with E-state index in [0.717, 1.165) is 24.9 Å². The Labute approximate surface area is 107 Å². The van der Waals surface area contributed by atoms with Crippen molar-refractivity contribution < 1.29 is 9.18 Å². The van der Waals surface area contributed by atoms with Gasteiger partial charge in [0.2, 0.25) is 5.91 Å². The van der Waals surface area contributed by atoms with Gasteiger partial charge in [0, 0.05) is 12.6 Å². The molecule has 0 aliphatic carbocycles. The second-order valence-electron chi connectivity index (χ2n) is 4.84. The Bertz CT molecular complexity index is 405. The molecular weight excluding hydrogens is 231 g/mol. The highest BCUT2D eigenvalue weighted by Gasteiger charge is 2.26. The number of amides is 1. The molecule has 0 saturated carbocycles. The van der Waals surface area contributed by atoms with E-state index in [1.165, 1.54) is 12.1 Å². The molecule has 1 amide bonds. The molecule has 1 aliphatic rings. The predicted molar refractivity (Wildman–Crippen MR) is 68.4 cm³/mol. The molecule has 0 bridgehead atoms. The maximum Gasteiger partial charge on any atom is 0.224 e. The molecule has 0 aromatic heterocycles. The quantitative estimate of drug-likeness (QED) is 0.859. The van der Waals surface area contributed by atoms with E-state index in [1.54, 1.807) is 12.1 Å². The van der Waals surface area contributed by atoms with Gasteiger partial charge in [-0.3, -0.25) is 4.79 Å². The van der Waals surface area contributed by atoms with Crippen molar-refractivity contribution in [1.29, 1.82) is 0 Å². The molecule has 0 radical (unpaired) electrons. The summed E-state index contributed by atoms with van der Waals surface area (Å²) in [6.45, 7) is 3.49. The van der Waals surface area contributed by atoms with Gasteiger partial charge >= 0.3 is 0 Å². The Morgan fingerprint density at radius 1 is 1.44 bits per heavy atom. The van der Waals surface area contributed by atoms with Crippen LogP contribution in [0.2, 0.25) is 0 Å². The van der Waals surface area contributed by atoms with Gasteiger partial charge in [-0.05, 0) is 44.0 Å². The van der Waals surface area contributed by atoms with Crippen LogP contribution in [0.5, 0.6) is 0 Å². The lowest BCUT2D eigenvalue weighted by atomic mass is 9.91. The van der Waals surface area contributed by atoms with Crippen LogP contribution in [-0.2, 0) is 11.3 Å². The molecule has 1 heterocycles. The average molecular weight is 250 g/mol. The van der Waals surface area contributed by atoms with Crippen LogP contribution in [0.25, 0.3) is 0 Å². The third-order valence-electron chi connectivity index (χ3n) is 3.48. The summed E-state index contributed by atoms with van der Waals surface area (Å²) in [4.78, 5) is 12.0. The van der Waals surface area contributed by atoms with Gasteiger partial charge in [-0.25, -0.2) is 4.39 Å². The van der Waals surface area contributed by atoms with E-state index in [4.69, 9.17) is 0 Å². The number of benzene rings is 1. The van der Waals surface area contributed by atoms with E-state index in [9.17, 15) is 9.18 Å². The van der Waals surface area contributed by atoms with E-state index in [-0.39, 0.29) is 23.7 Å². The van der Waals surface area contributed by atoms with Crippen LogP contribution in [0.3, 0.4) is 0 Å². The van der Waals surface area contributed by atoms with Gasteiger partial charge < -0.3 is 10.6 Å². The maximum absolute atomic E-state index is 12.7. The lowest BCUT2D eigenvalue weighted by molar-refractivity contribution is -0.126. The SMILES string of the molecule is CC1NCCCC1C(=O)NCc1ccc(F)cc1. The Morgan fingerprint density at radius 2 is 2.17 bits per heavy atom. The number of hydrogen-bond acceptors (Lipinski definition) is 2. The Balaban J connectivity index is 1.85. The number of halogens is 1. The highest BCUT2D eigenvalue weighted by molar-refractivity contribution is 5.79. The van der Waals surface area contributed by atoms with Crippen LogP contribution in [0.15, 0.2) is 24.3 Å². The van der Waals surface area contributed by atoms with Crippen molar-refractivity contribution in [1.82, 2.24) is 10.6 Å². The van der Waals surface area contributed by atoms with Gasteiger partial charge in [0.15, 0.2) is 0 Å². The monoisotopic (exact) mass is 250 g/mol. The third-order valence-corrected chi connectivity index (χ3v) is 3.48. The van der Waals surface area contributed by atoms with Crippen molar-refractivity contribution in [2.24, 2.45) is 5.92 Å². The van der Waals surface area contributed by atoms with Crippen LogP contribution in [0, 0.1) is 11.7 Å². The summed E-state index contributed by atoms with van der Waals surface area (Å²) in [6.07, 6.45) is 1.97. The molecule has 2 rings (SSSR count). The molecule has 1 aromatic rings. The first-order valence-electron chi connectivity index (χ1n) is 6.42. The number of hydrogen-bond donors (Lipinski definition) is 2. The summed E-state index contributed by atoms with van der Waals surface area (Å²) in [5, 5.41) is 6.23. The van der Waals surface area contributed by atoms with Gasteiger partial charge in [0.25, 0.3) is 0 Å². The molecule has 4 heteroatoms. The Hall–Kier alpha value is -1.42. The van der Waals surface area contributed by atoms with Gasteiger partial charge in [0.1, 0.15) is 5.82 Å². The number of piperidine rings is 1. The zero-order chi connectivity index (χ0) is 13.0. The van der Waals surface area contributed by atoms with Crippen molar-refractivity contribution in [3.8, 4) is 0 Å². The van der Waals surface area contributed by atoms with Crippen LogP contribution >= 0.6 is 0 Å². The molecular formula is C14H19FN2O. The summed E-state index contributed by atoms with van der Waals surface area (Å²) in [7, 11) is 0. The number of carbonyl (C=O) groups excluding carboxylic acids is 1. The largest absolute Gasteiger partial charge is 0.352 e. The first-order valence-corrected chi connectivity index (χ1v) is 6.42. The minimum absolute atomic E-state index is 0.0409. The van der Waals surface area contributed by atoms with E-state index in [1.807, 2.05) is 6.92 Å². The lowest BCUT2D eigenvalue weighted by Crippen LogP contribution is -2.46. The average Bonchev–Trinajstić information content (AvgIpc) is 2.38. The highest BCUT2D eigenvalue weighted by Crippen LogP contribution is 2.16. The lowest BCUT2D eigenvalue weighted by Gasteiger charge is -2.28. The van der Waals surface area contributed by atoms with E-state index >= 15 is 0 Å². The number of nitrogens with one attached hydrogen (secondary N) is 2. The first kappa shape index (κ1) is 13.0. The zero-order valence-electron chi connectivity index (χ0n) is 10.6. The molecule has 1 aliphatic heterocycles. The molecule has 2 unspecified atom stereocenters. The smallest absolute Gasteiger partial charge is 0.224 e. The molecule has 2 N–H and O–H groups in total. The Kier molecular flexibility index (Phi) is 4.31. The van der Waals surface area contributed by atoms with Gasteiger partial charge in [-0.1, -0.05) is 12.1 Å². The first-order chi connectivity index (χ1) is 8.66. The minimum Gasteiger partial charge on any atom is -0.352 e. The van der Waals surface area contributed by atoms with Crippen LogP contribution in [-0.4, -0.2) is 18.5 Å². The highest BCUT2D eigenvalue weighted by atomic mass is 19.1. The molecule has 1 fully saturated rings. The molecule has 1 aromatic carbocycles. The fourth-order valence-corrected chi connectivity index (χ4v) is 2.32. The number of carbonyl (C=O) groups is 1. The molecule has 1 saturated heterocycles. The van der Waals surface area contributed by atoms with E-state index in [2.05, 4.69) is 10.6 Å². The maximum atomic E-state index is 12.7. The summed E-state index contributed by atoms with van der Waals surface area (Å²) in [5.74, 6) is -0.131. The normalized spacial score (nSPS) is 23.7. The Morgan fingerprint density at radius 3 is 2.83 bits per heavy atom. The van der Waals surface area contributed by atoms with E-state index in [0.29, 0.717) is 6.54 Å².